The van der Waals surface area contributed by atoms with Gasteiger partial charge in [0.1, 0.15) is 0 Å². The fraction of sp³-hybridized carbons (Fsp3) is 0.909. The summed E-state index contributed by atoms with van der Waals surface area (Å²) < 4.78 is 0. The lowest BCUT2D eigenvalue weighted by molar-refractivity contribution is 0.164. The molecule has 0 radical (unpaired) electrons. The van der Waals surface area contributed by atoms with Gasteiger partial charge in [0.15, 0.2) is 0 Å². The Labute approximate surface area is 86.1 Å². The number of carbonyl (C=O) groups is 1. The number of hydrogen-bond acceptors (Lipinski definition) is 1. The van der Waals surface area contributed by atoms with E-state index in [1.54, 1.807) is 0 Å². The van der Waals surface area contributed by atoms with Crippen LogP contribution >= 0.6 is 0 Å². The van der Waals surface area contributed by atoms with Crippen molar-refractivity contribution in [2.24, 2.45) is 0 Å². The minimum absolute atomic E-state index is 0.277. The van der Waals surface area contributed by atoms with Crippen LogP contribution in [0.4, 0.5) is 4.79 Å². The molecule has 1 aliphatic carbocycles. The summed E-state index contributed by atoms with van der Waals surface area (Å²) in [4.78, 5) is 15.9. The molecule has 0 bridgehead atoms. The van der Waals surface area contributed by atoms with E-state index in [9.17, 15) is 4.79 Å². The summed E-state index contributed by atoms with van der Waals surface area (Å²) in [5.41, 5.74) is 0. The molecule has 0 aromatic rings. The van der Waals surface area contributed by atoms with Gasteiger partial charge in [-0.15, -0.1) is 0 Å². The molecule has 2 fully saturated rings. The van der Waals surface area contributed by atoms with Gasteiger partial charge in [0.25, 0.3) is 0 Å². The molecule has 3 nitrogen and oxygen atoms in total. The van der Waals surface area contributed by atoms with Crippen LogP contribution in [0.3, 0.4) is 0 Å². The van der Waals surface area contributed by atoms with Gasteiger partial charge < -0.3 is 9.80 Å². The quantitative estimate of drug-likeness (QED) is 0.663. The molecular formula is C11H20N2O. The Hall–Kier alpha value is -0.730. The van der Waals surface area contributed by atoms with Gasteiger partial charge in [-0.3, -0.25) is 0 Å². The van der Waals surface area contributed by atoms with Crippen molar-refractivity contribution in [3.63, 3.8) is 0 Å². The SMILES string of the molecule is CCN1CCN(C2CCCCC2)C1=O. The summed E-state index contributed by atoms with van der Waals surface area (Å²) >= 11 is 0. The molecule has 0 aromatic heterocycles. The number of carbonyl (C=O) groups excluding carboxylic acids is 1. The topological polar surface area (TPSA) is 23.6 Å². The van der Waals surface area contributed by atoms with Gasteiger partial charge >= 0.3 is 6.03 Å². The van der Waals surface area contributed by atoms with Crippen molar-refractivity contribution in [2.45, 2.75) is 45.1 Å². The molecule has 2 amide bonds. The Bertz CT molecular complexity index is 211. The third-order valence-electron chi connectivity index (χ3n) is 3.52. The molecule has 1 saturated heterocycles. The lowest BCUT2D eigenvalue weighted by Crippen LogP contribution is -2.40. The monoisotopic (exact) mass is 196 g/mol. The largest absolute Gasteiger partial charge is 0.323 e. The van der Waals surface area contributed by atoms with E-state index in [1.165, 1.54) is 32.1 Å². The number of likely N-dealkylation sites (N-methyl/N-ethyl adjacent to an activating group) is 1. The van der Waals surface area contributed by atoms with E-state index >= 15 is 0 Å². The zero-order valence-electron chi connectivity index (χ0n) is 9.04. The van der Waals surface area contributed by atoms with Crippen molar-refractivity contribution in [2.75, 3.05) is 19.6 Å². The highest BCUT2D eigenvalue weighted by atomic mass is 16.2. The Balaban J connectivity index is 1.94. The molecule has 0 atom stereocenters. The van der Waals surface area contributed by atoms with Gasteiger partial charge in [-0.25, -0.2) is 4.79 Å². The van der Waals surface area contributed by atoms with Gasteiger partial charge in [0, 0.05) is 25.7 Å². The van der Waals surface area contributed by atoms with Crippen molar-refractivity contribution in [3.05, 3.63) is 0 Å². The standard InChI is InChI=1S/C11H20N2O/c1-2-12-8-9-13(11(12)14)10-6-4-3-5-7-10/h10H,2-9H2,1H3. The van der Waals surface area contributed by atoms with Gasteiger partial charge in [0.05, 0.1) is 0 Å². The van der Waals surface area contributed by atoms with Crippen LogP contribution in [0.5, 0.6) is 0 Å². The molecule has 1 saturated carbocycles. The first-order chi connectivity index (χ1) is 6.83. The van der Waals surface area contributed by atoms with Gasteiger partial charge in [-0.1, -0.05) is 19.3 Å². The lowest BCUT2D eigenvalue weighted by atomic mass is 9.94. The minimum Gasteiger partial charge on any atom is -0.323 e. The predicted octanol–water partition coefficient (Wildman–Crippen LogP) is 2.08. The van der Waals surface area contributed by atoms with Crippen molar-refractivity contribution in [1.29, 1.82) is 0 Å². The Morgan fingerprint density at radius 3 is 2.50 bits per heavy atom. The summed E-state index contributed by atoms with van der Waals surface area (Å²) in [6.45, 7) is 4.81. The first-order valence-electron chi connectivity index (χ1n) is 5.88. The Morgan fingerprint density at radius 1 is 1.21 bits per heavy atom. The van der Waals surface area contributed by atoms with Crippen LogP contribution in [-0.4, -0.2) is 41.5 Å². The fourth-order valence-electron chi connectivity index (χ4n) is 2.63. The number of hydrogen-bond donors (Lipinski definition) is 0. The first kappa shape index (κ1) is 9.81. The van der Waals surface area contributed by atoms with Gasteiger partial charge in [-0.05, 0) is 19.8 Å². The predicted molar refractivity (Wildman–Crippen MR) is 56.2 cm³/mol. The number of rotatable bonds is 2. The maximum atomic E-state index is 11.9. The Morgan fingerprint density at radius 2 is 1.93 bits per heavy atom. The van der Waals surface area contributed by atoms with Crippen LogP contribution in [0.1, 0.15) is 39.0 Å². The molecule has 14 heavy (non-hydrogen) atoms. The number of nitrogens with zero attached hydrogens (tertiary/aromatic N) is 2. The van der Waals surface area contributed by atoms with Crippen molar-refractivity contribution in [1.82, 2.24) is 9.80 Å². The second-order valence-electron chi connectivity index (χ2n) is 4.35. The zero-order valence-corrected chi connectivity index (χ0v) is 9.04. The second kappa shape index (κ2) is 4.20. The minimum atomic E-state index is 0.277. The molecule has 1 heterocycles. The highest BCUT2D eigenvalue weighted by Crippen LogP contribution is 2.25. The maximum absolute atomic E-state index is 11.9. The van der Waals surface area contributed by atoms with Crippen molar-refractivity contribution in [3.8, 4) is 0 Å². The van der Waals surface area contributed by atoms with Crippen LogP contribution in [0.25, 0.3) is 0 Å². The summed E-state index contributed by atoms with van der Waals surface area (Å²) in [6, 6.07) is 0.826. The molecule has 0 N–H and O–H groups in total. The van der Waals surface area contributed by atoms with E-state index in [0.29, 0.717) is 6.04 Å². The van der Waals surface area contributed by atoms with E-state index in [4.69, 9.17) is 0 Å². The molecule has 0 unspecified atom stereocenters. The maximum Gasteiger partial charge on any atom is 0.320 e. The first-order valence-corrected chi connectivity index (χ1v) is 5.88. The van der Waals surface area contributed by atoms with E-state index in [-0.39, 0.29) is 6.03 Å². The Kier molecular flexibility index (Phi) is 2.94. The average Bonchev–Trinajstić information content (AvgIpc) is 2.61. The van der Waals surface area contributed by atoms with Gasteiger partial charge in [-0.2, -0.15) is 0 Å². The summed E-state index contributed by atoms with van der Waals surface area (Å²) in [5.74, 6) is 0. The highest BCUT2D eigenvalue weighted by molar-refractivity contribution is 5.76. The molecule has 0 spiro atoms. The smallest absolute Gasteiger partial charge is 0.320 e. The summed E-state index contributed by atoms with van der Waals surface area (Å²) in [7, 11) is 0. The summed E-state index contributed by atoms with van der Waals surface area (Å²) in [5, 5.41) is 0. The van der Waals surface area contributed by atoms with E-state index in [2.05, 4.69) is 11.8 Å². The molecule has 1 aliphatic heterocycles. The van der Waals surface area contributed by atoms with Crippen LogP contribution in [0.2, 0.25) is 0 Å². The molecule has 2 rings (SSSR count). The zero-order chi connectivity index (χ0) is 9.97. The lowest BCUT2D eigenvalue weighted by Gasteiger charge is -2.30. The third-order valence-corrected chi connectivity index (χ3v) is 3.52. The van der Waals surface area contributed by atoms with Crippen molar-refractivity contribution >= 4 is 6.03 Å². The molecule has 3 heteroatoms. The molecule has 2 aliphatic rings. The number of urea groups is 1. The normalized spacial score (nSPS) is 24.8. The molecule has 0 aromatic carbocycles. The highest BCUT2D eigenvalue weighted by Gasteiger charge is 2.32. The van der Waals surface area contributed by atoms with Crippen LogP contribution in [0, 0.1) is 0 Å². The fourth-order valence-corrected chi connectivity index (χ4v) is 2.63. The van der Waals surface area contributed by atoms with E-state index in [0.717, 1.165) is 19.6 Å². The third kappa shape index (κ3) is 1.72. The van der Waals surface area contributed by atoms with Crippen molar-refractivity contribution < 1.29 is 4.79 Å². The van der Waals surface area contributed by atoms with Crippen LogP contribution in [-0.2, 0) is 0 Å². The van der Waals surface area contributed by atoms with E-state index < -0.39 is 0 Å². The van der Waals surface area contributed by atoms with Gasteiger partial charge in [0.2, 0.25) is 0 Å². The average molecular weight is 196 g/mol. The molecular weight excluding hydrogens is 176 g/mol. The number of amides is 2. The summed E-state index contributed by atoms with van der Waals surface area (Å²) in [6.07, 6.45) is 6.42. The van der Waals surface area contributed by atoms with E-state index in [1.807, 2.05) is 4.90 Å². The second-order valence-corrected chi connectivity index (χ2v) is 4.35. The van der Waals surface area contributed by atoms with Crippen LogP contribution < -0.4 is 0 Å². The molecule has 80 valence electrons. The van der Waals surface area contributed by atoms with Crippen LogP contribution in [0.15, 0.2) is 0 Å².